The van der Waals surface area contributed by atoms with Gasteiger partial charge in [0.2, 0.25) is 17.6 Å². The van der Waals surface area contributed by atoms with Crippen LogP contribution < -0.4 is 0 Å². The summed E-state index contributed by atoms with van der Waals surface area (Å²) in [5.74, 6) is 1.18. The molecular weight excluding hydrogens is 306 g/mol. The van der Waals surface area contributed by atoms with Gasteiger partial charge in [-0.2, -0.15) is 4.98 Å². The van der Waals surface area contributed by atoms with Gasteiger partial charge in [-0.25, -0.2) is 0 Å². The number of carbonyl (C=O) groups is 1. The Balaban J connectivity index is 1.56. The maximum absolute atomic E-state index is 12.2. The topological polar surface area (TPSA) is 68.5 Å². The van der Waals surface area contributed by atoms with E-state index in [2.05, 4.69) is 29.2 Å². The molecule has 1 aromatic heterocycles. The molecule has 1 amide bonds. The molecule has 0 saturated carbocycles. The number of hydrogen-bond acceptors (Lipinski definition) is 5. The Hall–Kier alpha value is -2.21. The Kier molecular flexibility index (Phi) is 5.25. The third-order valence-electron chi connectivity index (χ3n) is 4.23. The van der Waals surface area contributed by atoms with E-state index < -0.39 is 0 Å². The molecule has 0 bridgehead atoms. The lowest BCUT2D eigenvalue weighted by molar-refractivity contribution is -0.138. The van der Waals surface area contributed by atoms with E-state index in [0.717, 1.165) is 12.0 Å². The first-order chi connectivity index (χ1) is 11.7. The molecule has 1 aliphatic rings. The highest BCUT2D eigenvalue weighted by Crippen LogP contribution is 2.17. The highest BCUT2D eigenvalue weighted by molar-refractivity contribution is 5.76. The lowest BCUT2D eigenvalue weighted by Crippen LogP contribution is -2.44. The molecule has 128 valence electrons. The lowest BCUT2D eigenvalue weighted by atomic mass is 10.1. The summed E-state index contributed by atoms with van der Waals surface area (Å²) in [5.41, 5.74) is 2.20. The van der Waals surface area contributed by atoms with Crippen molar-refractivity contribution in [2.45, 2.75) is 39.2 Å². The summed E-state index contributed by atoms with van der Waals surface area (Å²) in [6.07, 6.45) is 1.94. The van der Waals surface area contributed by atoms with E-state index in [9.17, 15) is 4.79 Å². The Labute approximate surface area is 141 Å². The highest BCUT2D eigenvalue weighted by Gasteiger charge is 2.21. The molecule has 1 aliphatic heterocycles. The Morgan fingerprint density at radius 3 is 2.83 bits per heavy atom. The van der Waals surface area contributed by atoms with Gasteiger partial charge in [0.1, 0.15) is 0 Å². The number of benzene rings is 1. The molecule has 0 aliphatic carbocycles. The molecule has 1 fully saturated rings. The van der Waals surface area contributed by atoms with Crippen LogP contribution in [0.5, 0.6) is 0 Å². The van der Waals surface area contributed by atoms with Gasteiger partial charge in [-0.3, -0.25) is 4.79 Å². The number of nitrogens with zero attached hydrogens (tertiary/aromatic N) is 3. The lowest BCUT2D eigenvalue weighted by Gasteiger charge is -2.31. The molecule has 1 aromatic carbocycles. The van der Waals surface area contributed by atoms with Gasteiger partial charge in [0.05, 0.1) is 12.7 Å². The van der Waals surface area contributed by atoms with Crippen molar-refractivity contribution in [3.63, 3.8) is 0 Å². The predicted molar refractivity (Wildman–Crippen MR) is 89.4 cm³/mol. The minimum Gasteiger partial charge on any atom is -0.375 e. The quantitative estimate of drug-likeness (QED) is 0.843. The summed E-state index contributed by atoms with van der Waals surface area (Å²) in [6, 6.07) is 8.12. The first kappa shape index (κ1) is 16.6. The largest absolute Gasteiger partial charge is 0.375 e. The predicted octanol–water partition coefficient (Wildman–Crippen LogP) is 2.48. The molecule has 2 aromatic rings. The summed E-state index contributed by atoms with van der Waals surface area (Å²) < 4.78 is 10.7. The van der Waals surface area contributed by atoms with Gasteiger partial charge >= 0.3 is 0 Å². The average Bonchev–Trinajstić information content (AvgIpc) is 3.09. The molecule has 6 heteroatoms. The molecule has 24 heavy (non-hydrogen) atoms. The number of ether oxygens (including phenoxy) is 1. The summed E-state index contributed by atoms with van der Waals surface area (Å²) in [7, 11) is 0. The number of aryl methyl sites for hydroxylation is 2. The highest BCUT2D eigenvalue weighted by atomic mass is 16.5. The third-order valence-corrected chi connectivity index (χ3v) is 4.23. The molecule has 3 rings (SSSR count). The van der Waals surface area contributed by atoms with Gasteiger partial charge in [-0.05, 0) is 18.9 Å². The summed E-state index contributed by atoms with van der Waals surface area (Å²) in [6.45, 7) is 6.01. The monoisotopic (exact) mass is 329 g/mol. The molecular formula is C18H23N3O3. The van der Waals surface area contributed by atoms with Crippen molar-refractivity contribution in [1.82, 2.24) is 15.0 Å². The zero-order valence-corrected chi connectivity index (χ0v) is 14.2. The Morgan fingerprint density at radius 2 is 2.12 bits per heavy atom. The standard InChI is InChI=1S/C18H23N3O3/c1-3-14-4-6-15(7-5-14)18-19-16(24-20-18)8-9-17(22)21-10-11-23-13(2)12-21/h4-7,13H,3,8-12H2,1-2H3/t13-/m0/s1. The van der Waals surface area contributed by atoms with Crippen LogP contribution in [0.4, 0.5) is 0 Å². The molecule has 0 spiro atoms. The first-order valence-corrected chi connectivity index (χ1v) is 8.47. The number of amides is 1. The summed E-state index contributed by atoms with van der Waals surface area (Å²) >= 11 is 0. The fourth-order valence-electron chi connectivity index (χ4n) is 2.78. The minimum atomic E-state index is 0.101. The van der Waals surface area contributed by atoms with Crippen molar-refractivity contribution in [1.29, 1.82) is 0 Å². The van der Waals surface area contributed by atoms with Crippen molar-refractivity contribution in [2.75, 3.05) is 19.7 Å². The number of carbonyl (C=O) groups excluding carboxylic acids is 1. The van der Waals surface area contributed by atoms with E-state index in [4.69, 9.17) is 9.26 Å². The van der Waals surface area contributed by atoms with Gasteiger partial charge in [-0.15, -0.1) is 0 Å². The minimum absolute atomic E-state index is 0.101. The van der Waals surface area contributed by atoms with E-state index in [-0.39, 0.29) is 12.0 Å². The van der Waals surface area contributed by atoms with E-state index in [1.807, 2.05) is 24.0 Å². The van der Waals surface area contributed by atoms with Gasteiger partial charge in [0.15, 0.2) is 0 Å². The van der Waals surface area contributed by atoms with E-state index >= 15 is 0 Å². The third kappa shape index (κ3) is 4.00. The van der Waals surface area contributed by atoms with Crippen LogP contribution in [0.2, 0.25) is 0 Å². The van der Waals surface area contributed by atoms with Crippen LogP contribution in [-0.4, -0.2) is 46.7 Å². The van der Waals surface area contributed by atoms with E-state index in [0.29, 0.717) is 44.3 Å². The van der Waals surface area contributed by atoms with Crippen molar-refractivity contribution in [2.24, 2.45) is 0 Å². The van der Waals surface area contributed by atoms with Crippen molar-refractivity contribution in [3.8, 4) is 11.4 Å². The zero-order valence-electron chi connectivity index (χ0n) is 14.2. The van der Waals surface area contributed by atoms with E-state index in [1.165, 1.54) is 5.56 Å². The fraction of sp³-hybridized carbons (Fsp3) is 0.500. The van der Waals surface area contributed by atoms with Crippen LogP contribution in [0.3, 0.4) is 0 Å². The first-order valence-electron chi connectivity index (χ1n) is 8.47. The van der Waals surface area contributed by atoms with Gasteiger partial charge in [-0.1, -0.05) is 36.3 Å². The number of aromatic nitrogens is 2. The van der Waals surface area contributed by atoms with Crippen molar-refractivity contribution < 1.29 is 14.1 Å². The number of morpholine rings is 1. The van der Waals surface area contributed by atoms with Crippen LogP contribution in [0.1, 0.15) is 31.7 Å². The average molecular weight is 329 g/mol. The maximum Gasteiger partial charge on any atom is 0.227 e. The molecule has 0 unspecified atom stereocenters. The second kappa shape index (κ2) is 7.57. The summed E-state index contributed by atoms with van der Waals surface area (Å²) in [5, 5.41) is 4.01. The molecule has 2 heterocycles. The molecule has 0 N–H and O–H groups in total. The van der Waals surface area contributed by atoms with Gasteiger partial charge in [0, 0.05) is 31.5 Å². The smallest absolute Gasteiger partial charge is 0.227 e. The second-order valence-corrected chi connectivity index (χ2v) is 6.08. The molecule has 0 radical (unpaired) electrons. The SMILES string of the molecule is CCc1ccc(-c2noc(CCC(=O)N3CCO[C@@H](C)C3)n2)cc1. The van der Waals surface area contributed by atoms with Crippen molar-refractivity contribution >= 4 is 5.91 Å². The number of hydrogen-bond donors (Lipinski definition) is 0. The molecule has 6 nitrogen and oxygen atoms in total. The fourth-order valence-corrected chi connectivity index (χ4v) is 2.78. The zero-order chi connectivity index (χ0) is 16.9. The van der Waals surface area contributed by atoms with Crippen LogP contribution >= 0.6 is 0 Å². The number of rotatable bonds is 5. The van der Waals surface area contributed by atoms with Crippen LogP contribution in [0.25, 0.3) is 11.4 Å². The van der Waals surface area contributed by atoms with Crippen LogP contribution in [-0.2, 0) is 22.4 Å². The Morgan fingerprint density at radius 1 is 1.33 bits per heavy atom. The normalized spacial score (nSPS) is 17.9. The Bertz CT molecular complexity index is 681. The summed E-state index contributed by atoms with van der Waals surface area (Å²) in [4.78, 5) is 18.5. The van der Waals surface area contributed by atoms with Crippen LogP contribution in [0, 0.1) is 0 Å². The van der Waals surface area contributed by atoms with Gasteiger partial charge < -0.3 is 14.2 Å². The van der Waals surface area contributed by atoms with Crippen molar-refractivity contribution in [3.05, 3.63) is 35.7 Å². The van der Waals surface area contributed by atoms with Crippen LogP contribution in [0.15, 0.2) is 28.8 Å². The molecule has 1 saturated heterocycles. The van der Waals surface area contributed by atoms with E-state index in [1.54, 1.807) is 0 Å². The second-order valence-electron chi connectivity index (χ2n) is 6.08. The molecule has 1 atom stereocenters. The van der Waals surface area contributed by atoms with Gasteiger partial charge in [0.25, 0.3) is 0 Å². The maximum atomic E-state index is 12.2.